The van der Waals surface area contributed by atoms with Gasteiger partial charge in [0.05, 0.1) is 6.17 Å². The first-order chi connectivity index (χ1) is 11.3. The summed E-state index contributed by atoms with van der Waals surface area (Å²) >= 11 is 0. The fraction of sp³-hybridized carbons (Fsp3) is 0.278. The SMILES string of the molecule is O=C(NC1CCNN1)OCC1c2ccccc2-c2ccccc21. The topological polar surface area (TPSA) is 62.4 Å². The first kappa shape index (κ1) is 14.2. The van der Waals surface area contributed by atoms with Crippen LogP contribution in [0, 0.1) is 0 Å². The fourth-order valence-corrected chi connectivity index (χ4v) is 3.37. The Morgan fingerprint density at radius 2 is 1.74 bits per heavy atom. The number of hydrazine groups is 1. The van der Waals surface area contributed by atoms with Gasteiger partial charge in [0, 0.05) is 12.5 Å². The number of hydrogen-bond donors (Lipinski definition) is 3. The smallest absolute Gasteiger partial charge is 0.408 e. The Bertz CT molecular complexity index is 680. The predicted molar refractivity (Wildman–Crippen MR) is 87.7 cm³/mol. The van der Waals surface area contributed by atoms with Crippen molar-refractivity contribution in [1.82, 2.24) is 16.2 Å². The van der Waals surface area contributed by atoms with E-state index in [4.69, 9.17) is 4.74 Å². The van der Waals surface area contributed by atoms with E-state index >= 15 is 0 Å². The first-order valence-electron chi connectivity index (χ1n) is 7.93. The van der Waals surface area contributed by atoms with Gasteiger partial charge in [0.1, 0.15) is 6.61 Å². The molecule has 23 heavy (non-hydrogen) atoms. The van der Waals surface area contributed by atoms with Crippen molar-refractivity contribution in [3.05, 3.63) is 59.7 Å². The van der Waals surface area contributed by atoms with E-state index in [1.54, 1.807) is 0 Å². The van der Waals surface area contributed by atoms with Crippen molar-refractivity contribution in [2.24, 2.45) is 0 Å². The van der Waals surface area contributed by atoms with E-state index in [9.17, 15) is 4.79 Å². The summed E-state index contributed by atoms with van der Waals surface area (Å²) < 4.78 is 5.48. The minimum atomic E-state index is -0.381. The molecule has 0 bridgehead atoms. The first-order valence-corrected chi connectivity index (χ1v) is 7.93. The van der Waals surface area contributed by atoms with Crippen LogP contribution in [0.25, 0.3) is 11.1 Å². The van der Waals surface area contributed by atoms with Crippen molar-refractivity contribution in [1.29, 1.82) is 0 Å². The van der Waals surface area contributed by atoms with Crippen molar-refractivity contribution in [2.75, 3.05) is 13.2 Å². The van der Waals surface area contributed by atoms with Crippen molar-refractivity contribution in [3.63, 3.8) is 0 Å². The van der Waals surface area contributed by atoms with Crippen molar-refractivity contribution in [3.8, 4) is 11.1 Å². The maximum atomic E-state index is 12.0. The van der Waals surface area contributed by atoms with E-state index in [1.165, 1.54) is 22.3 Å². The molecule has 1 unspecified atom stereocenters. The number of fused-ring (bicyclic) bond motifs is 3. The van der Waals surface area contributed by atoms with Gasteiger partial charge in [-0.15, -0.1) is 0 Å². The summed E-state index contributed by atoms with van der Waals surface area (Å²) in [4.78, 5) is 12.0. The lowest BCUT2D eigenvalue weighted by Crippen LogP contribution is -2.44. The Hall–Kier alpha value is -2.37. The monoisotopic (exact) mass is 309 g/mol. The molecule has 5 nitrogen and oxygen atoms in total. The fourth-order valence-electron chi connectivity index (χ4n) is 3.37. The molecule has 0 radical (unpaired) electrons. The zero-order chi connectivity index (χ0) is 15.6. The van der Waals surface area contributed by atoms with Crippen LogP contribution >= 0.6 is 0 Å². The van der Waals surface area contributed by atoms with Crippen LogP contribution in [0.4, 0.5) is 4.79 Å². The molecule has 2 aliphatic rings. The van der Waals surface area contributed by atoms with Crippen molar-refractivity contribution < 1.29 is 9.53 Å². The van der Waals surface area contributed by atoms with E-state index in [2.05, 4.69) is 40.4 Å². The molecule has 4 rings (SSSR count). The van der Waals surface area contributed by atoms with E-state index < -0.39 is 0 Å². The number of ether oxygens (including phenoxy) is 1. The highest BCUT2D eigenvalue weighted by Gasteiger charge is 2.29. The molecule has 118 valence electrons. The third-order valence-corrected chi connectivity index (χ3v) is 4.47. The Labute approximate surface area is 135 Å². The van der Waals surface area contributed by atoms with Crippen LogP contribution in [0.3, 0.4) is 0 Å². The highest BCUT2D eigenvalue weighted by molar-refractivity contribution is 5.79. The average Bonchev–Trinajstić information content (AvgIpc) is 3.19. The molecule has 0 spiro atoms. The van der Waals surface area contributed by atoms with Crippen LogP contribution < -0.4 is 16.2 Å². The molecule has 3 N–H and O–H groups in total. The molecule has 1 aliphatic carbocycles. The highest BCUT2D eigenvalue weighted by Crippen LogP contribution is 2.44. The van der Waals surface area contributed by atoms with Crippen molar-refractivity contribution >= 4 is 6.09 Å². The third-order valence-electron chi connectivity index (χ3n) is 4.47. The van der Waals surface area contributed by atoms with Gasteiger partial charge in [0.15, 0.2) is 0 Å². The summed E-state index contributed by atoms with van der Waals surface area (Å²) in [7, 11) is 0. The predicted octanol–water partition coefficient (Wildman–Crippen LogP) is 2.35. The Morgan fingerprint density at radius 3 is 2.35 bits per heavy atom. The molecule has 1 saturated heterocycles. The lowest BCUT2D eigenvalue weighted by Gasteiger charge is -2.16. The van der Waals surface area contributed by atoms with E-state index in [-0.39, 0.29) is 18.2 Å². The summed E-state index contributed by atoms with van der Waals surface area (Å²) in [5.41, 5.74) is 10.9. The van der Waals surface area contributed by atoms with Crippen LogP contribution in [0.5, 0.6) is 0 Å². The number of amides is 1. The van der Waals surface area contributed by atoms with Gasteiger partial charge >= 0.3 is 6.09 Å². The zero-order valence-corrected chi connectivity index (χ0v) is 12.7. The second-order valence-electron chi connectivity index (χ2n) is 5.88. The minimum Gasteiger partial charge on any atom is -0.449 e. The molecule has 0 aromatic heterocycles. The molecule has 0 saturated carbocycles. The Balaban J connectivity index is 1.49. The second-order valence-corrected chi connectivity index (χ2v) is 5.88. The quantitative estimate of drug-likeness (QED) is 0.814. The molecule has 5 heteroatoms. The maximum Gasteiger partial charge on any atom is 0.408 e. The molecular weight excluding hydrogens is 290 g/mol. The largest absolute Gasteiger partial charge is 0.449 e. The van der Waals surface area contributed by atoms with Crippen LogP contribution in [-0.2, 0) is 4.74 Å². The number of benzene rings is 2. The van der Waals surface area contributed by atoms with Gasteiger partial charge < -0.3 is 10.1 Å². The molecule has 1 fully saturated rings. The summed E-state index contributed by atoms with van der Waals surface area (Å²) in [6, 6.07) is 16.6. The summed E-state index contributed by atoms with van der Waals surface area (Å²) in [5.74, 6) is 0.0998. The van der Waals surface area contributed by atoms with Gasteiger partial charge in [-0.05, 0) is 28.7 Å². The number of hydrogen-bond acceptors (Lipinski definition) is 4. The molecule has 2 aromatic carbocycles. The van der Waals surface area contributed by atoms with Gasteiger partial charge in [0.2, 0.25) is 0 Å². The Kier molecular flexibility index (Phi) is 3.73. The lowest BCUT2D eigenvalue weighted by molar-refractivity contribution is 0.138. The number of nitrogens with one attached hydrogen (secondary N) is 3. The van der Waals surface area contributed by atoms with Gasteiger partial charge in [-0.2, -0.15) is 0 Å². The average molecular weight is 309 g/mol. The zero-order valence-electron chi connectivity index (χ0n) is 12.7. The lowest BCUT2D eigenvalue weighted by atomic mass is 9.98. The maximum absolute atomic E-state index is 12.0. The third kappa shape index (κ3) is 2.69. The number of alkyl carbamates (subject to hydrolysis) is 1. The van der Waals surface area contributed by atoms with Gasteiger partial charge in [0.25, 0.3) is 0 Å². The summed E-state index contributed by atoms with van der Waals surface area (Å²) in [5, 5.41) is 2.82. The minimum absolute atomic E-state index is 0.0642. The summed E-state index contributed by atoms with van der Waals surface area (Å²) in [6.45, 7) is 1.19. The molecule has 1 heterocycles. The molecule has 1 aliphatic heterocycles. The van der Waals surface area contributed by atoms with Crippen LogP contribution in [-0.4, -0.2) is 25.4 Å². The van der Waals surface area contributed by atoms with Crippen LogP contribution in [0.1, 0.15) is 23.5 Å². The molecule has 2 aromatic rings. The van der Waals surface area contributed by atoms with Crippen LogP contribution in [0.2, 0.25) is 0 Å². The van der Waals surface area contributed by atoms with E-state index in [0.717, 1.165) is 13.0 Å². The number of carbonyl (C=O) groups is 1. The Morgan fingerprint density at radius 1 is 1.09 bits per heavy atom. The number of carbonyl (C=O) groups excluding carboxylic acids is 1. The molecule has 1 atom stereocenters. The van der Waals surface area contributed by atoms with Gasteiger partial charge in [-0.3, -0.25) is 5.43 Å². The van der Waals surface area contributed by atoms with Gasteiger partial charge in [-0.1, -0.05) is 48.5 Å². The van der Waals surface area contributed by atoms with Crippen LogP contribution in [0.15, 0.2) is 48.5 Å². The molecular formula is C18H19N3O2. The van der Waals surface area contributed by atoms with E-state index in [1.807, 2.05) is 24.3 Å². The standard InChI is InChI=1S/C18H19N3O2/c22-18(20-17-9-10-19-21-17)23-11-16-14-7-3-1-5-12(14)13-6-2-4-8-15(13)16/h1-8,16-17,19,21H,9-11H2,(H,20,22). The van der Waals surface area contributed by atoms with E-state index in [0.29, 0.717) is 6.61 Å². The summed E-state index contributed by atoms with van der Waals surface area (Å²) in [6.07, 6.45) is 0.406. The van der Waals surface area contributed by atoms with Crippen molar-refractivity contribution in [2.45, 2.75) is 18.5 Å². The highest BCUT2D eigenvalue weighted by atomic mass is 16.5. The normalized spacial score (nSPS) is 19.2. The number of rotatable bonds is 3. The van der Waals surface area contributed by atoms with Gasteiger partial charge in [-0.25, -0.2) is 10.2 Å². The second kappa shape index (κ2) is 6.02. The molecule has 1 amide bonds.